The Kier molecular flexibility index (Phi) is 4.51. The molecule has 0 aliphatic carbocycles. The fraction of sp³-hybridized carbons (Fsp3) is 0.312. The van der Waals surface area contributed by atoms with E-state index in [9.17, 15) is 0 Å². The normalized spacial score (nSPS) is 15.3. The van der Waals surface area contributed by atoms with Crippen LogP contribution < -0.4 is 9.80 Å². The van der Waals surface area contributed by atoms with Crippen LogP contribution in [-0.2, 0) is 5.88 Å². The van der Waals surface area contributed by atoms with E-state index in [1.807, 2.05) is 36.4 Å². The first-order valence-corrected chi connectivity index (χ1v) is 7.95. The van der Waals surface area contributed by atoms with Crippen molar-refractivity contribution in [2.24, 2.45) is 0 Å². The largest absolute Gasteiger partial charge is 0.367 e. The van der Waals surface area contributed by atoms with Crippen molar-refractivity contribution in [3.05, 3.63) is 53.2 Å². The maximum Gasteiger partial charge on any atom is 0.128 e. The van der Waals surface area contributed by atoms with Gasteiger partial charge in [0, 0.05) is 26.2 Å². The highest BCUT2D eigenvalue weighted by atomic mass is 35.5. The fourth-order valence-electron chi connectivity index (χ4n) is 2.60. The van der Waals surface area contributed by atoms with Gasteiger partial charge in [0.25, 0.3) is 0 Å². The molecule has 2 heterocycles. The second-order valence-corrected chi connectivity index (χ2v) is 5.72. The molecule has 1 aliphatic heterocycles. The number of benzene rings is 1. The Morgan fingerprint density at radius 2 is 1.62 bits per heavy atom. The van der Waals surface area contributed by atoms with E-state index in [4.69, 9.17) is 23.2 Å². The van der Waals surface area contributed by atoms with Crippen LogP contribution in [0.2, 0.25) is 5.02 Å². The van der Waals surface area contributed by atoms with Gasteiger partial charge >= 0.3 is 0 Å². The predicted octanol–water partition coefficient (Wildman–Crippen LogP) is 3.80. The number of piperazine rings is 1. The standard InChI is InChI=1S/C16H17Cl2N3/c17-12-13-4-3-7-16(19-13)21-10-8-20(9-11-21)15-6-2-1-5-14(15)18/h1-7H,8-12H2. The Balaban J connectivity index is 1.69. The number of rotatable bonds is 3. The second-order valence-electron chi connectivity index (χ2n) is 5.05. The smallest absolute Gasteiger partial charge is 0.128 e. The SMILES string of the molecule is ClCc1cccc(N2CCN(c3ccccc3Cl)CC2)n1. The van der Waals surface area contributed by atoms with Gasteiger partial charge in [-0.25, -0.2) is 4.98 Å². The summed E-state index contributed by atoms with van der Waals surface area (Å²) in [5, 5.41) is 0.813. The van der Waals surface area contributed by atoms with Crippen molar-refractivity contribution >= 4 is 34.7 Å². The highest BCUT2D eigenvalue weighted by Crippen LogP contribution is 2.26. The minimum Gasteiger partial charge on any atom is -0.367 e. The van der Waals surface area contributed by atoms with Crippen LogP contribution in [0.15, 0.2) is 42.5 Å². The van der Waals surface area contributed by atoms with Crippen molar-refractivity contribution in [1.29, 1.82) is 0 Å². The minimum absolute atomic E-state index is 0.452. The van der Waals surface area contributed by atoms with Crippen molar-refractivity contribution in [2.75, 3.05) is 36.0 Å². The maximum atomic E-state index is 6.27. The summed E-state index contributed by atoms with van der Waals surface area (Å²) >= 11 is 12.1. The van der Waals surface area contributed by atoms with Gasteiger partial charge in [-0.2, -0.15) is 0 Å². The van der Waals surface area contributed by atoms with Gasteiger partial charge in [-0.05, 0) is 24.3 Å². The summed E-state index contributed by atoms with van der Waals surface area (Å²) in [5.74, 6) is 1.46. The van der Waals surface area contributed by atoms with E-state index in [1.54, 1.807) is 0 Å². The molecule has 1 aromatic carbocycles. The van der Waals surface area contributed by atoms with Crippen LogP contribution in [-0.4, -0.2) is 31.2 Å². The number of nitrogens with zero attached hydrogens (tertiary/aromatic N) is 3. The molecule has 3 nitrogen and oxygen atoms in total. The number of hydrogen-bond acceptors (Lipinski definition) is 3. The molecule has 0 spiro atoms. The number of aromatic nitrogens is 1. The lowest BCUT2D eigenvalue weighted by Gasteiger charge is -2.37. The third kappa shape index (κ3) is 3.25. The van der Waals surface area contributed by atoms with Gasteiger partial charge in [-0.3, -0.25) is 0 Å². The summed E-state index contributed by atoms with van der Waals surface area (Å²) in [5.41, 5.74) is 2.03. The number of hydrogen-bond donors (Lipinski definition) is 0. The summed E-state index contributed by atoms with van der Waals surface area (Å²) in [6.07, 6.45) is 0. The molecular weight excluding hydrogens is 305 g/mol. The summed E-state index contributed by atoms with van der Waals surface area (Å²) in [4.78, 5) is 9.20. The molecule has 1 saturated heterocycles. The van der Waals surface area contributed by atoms with E-state index in [0.29, 0.717) is 5.88 Å². The lowest BCUT2D eigenvalue weighted by Crippen LogP contribution is -2.47. The zero-order valence-corrected chi connectivity index (χ0v) is 13.2. The van der Waals surface area contributed by atoms with E-state index in [0.717, 1.165) is 48.4 Å². The number of halogens is 2. The van der Waals surface area contributed by atoms with Crippen molar-refractivity contribution in [2.45, 2.75) is 5.88 Å². The van der Waals surface area contributed by atoms with E-state index in [2.05, 4.69) is 20.9 Å². The highest BCUT2D eigenvalue weighted by Gasteiger charge is 2.19. The zero-order chi connectivity index (χ0) is 14.7. The van der Waals surface area contributed by atoms with Crippen LogP contribution >= 0.6 is 23.2 Å². The van der Waals surface area contributed by atoms with E-state index in [1.165, 1.54) is 0 Å². The Labute approximate surface area is 135 Å². The van der Waals surface area contributed by atoms with Gasteiger partial charge in [0.2, 0.25) is 0 Å². The van der Waals surface area contributed by atoms with Gasteiger partial charge in [0.15, 0.2) is 0 Å². The molecule has 2 aromatic rings. The van der Waals surface area contributed by atoms with E-state index < -0.39 is 0 Å². The number of anilines is 2. The highest BCUT2D eigenvalue weighted by molar-refractivity contribution is 6.33. The van der Waals surface area contributed by atoms with Crippen molar-refractivity contribution in [1.82, 2.24) is 4.98 Å². The maximum absolute atomic E-state index is 6.27. The van der Waals surface area contributed by atoms with Crippen LogP contribution in [0.3, 0.4) is 0 Å². The molecule has 0 atom stereocenters. The molecule has 5 heteroatoms. The van der Waals surface area contributed by atoms with Gasteiger partial charge in [0.05, 0.1) is 22.3 Å². The van der Waals surface area contributed by atoms with Crippen LogP contribution in [0.25, 0.3) is 0 Å². The Hall–Kier alpha value is -1.45. The summed E-state index contributed by atoms with van der Waals surface area (Å²) in [6.45, 7) is 3.75. The molecule has 0 radical (unpaired) electrons. The van der Waals surface area contributed by atoms with Crippen molar-refractivity contribution < 1.29 is 0 Å². The third-order valence-corrected chi connectivity index (χ3v) is 4.32. The summed E-state index contributed by atoms with van der Waals surface area (Å²) < 4.78 is 0. The number of alkyl halides is 1. The van der Waals surface area contributed by atoms with Gasteiger partial charge < -0.3 is 9.80 Å². The molecule has 1 aliphatic rings. The monoisotopic (exact) mass is 321 g/mol. The quantitative estimate of drug-likeness (QED) is 0.801. The van der Waals surface area contributed by atoms with Gasteiger partial charge in [0.1, 0.15) is 5.82 Å². The minimum atomic E-state index is 0.452. The molecule has 1 fully saturated rings. The van der Waals surface area contributed by atoms with Crippen molar-refractivity contribution in [3.8, 4) is 0 Å². The molecule has 0 unspecified atom stereocenters. The van der Waals surface area contributed by atoms with E-state index in [-0.39, 0.29) is 0 Å². The number of pyridine rings is 1. The van der Waals surface area contributed by atoms with Crippen molar-refractivity contribution in [3.63, 3.8) is 0 Å². The summed E-state index contributed by atoms with van der Waals surface area (Å²) in [7, 11) is 0. The molecule has 0 N–H and O–H groups in total. The van der Waals surface area contributed by atoms with E-state index >= 15 is 0 Å². The molecule has 110 valence electrons. The molecule has 0 saturated carbocycles. The van der Waals surface area contributed by atoms with Gasteiger partial charge in [-0.15, -0.1) is 11.6 Å². The summed E-state index contributed by atoms with van der Waals surface area (Å²) in [6, 6.07) is 14.0. The van der Waals surface area contributed by atoms with Crippen LogP contribution in [0.4, 0.5) is 11.5 Å². The Morgan fingerprint density at radius 3 is 2.33 bits per heavy atom. The first-order chi connectivity index (χ1) is 10.3. The Morgan fingerprint density at radius 1 is 0.905 bits per heavy atom. The Bertz CT molecular complexity index is 610. The lowest BCUT2D eigenvalue weighted by molar-refractivity contribution is 0.647. The second kappa shape index (κ2) is 6.54. The molecular formula is C16H17Cl2N3. The van der Waals surface area contributed by atoms with Crippen LogP contribution in [0, 0.1) is 0 Å². The lowest BCUT2D eigenvalue weighted by atomic mass is 10.2. The van der Waals surface area contributed by atoms with Gasteiger partial charge in [-0.1, -0.05) is 29.8 Å². The molecule has 0 amide bonds. The first-order valence-electron chi connectivity index (χ1n) is 7.04. The zero-order valence-electron chi connectivity index (χ0n) is 11.7. The molecule has 3 rings (SSSR count). The fourth-order valence-corrected chi connectivity index (χ4v) is 3.01. The van der Waals surface area contributed by atoms with Crippen LogP contribution in [0.5, 0.6) is 0 Å². The molecule has 0 bridgehead atoms. The third-order valence-electron chi connectivity index (χ3n) is 3.73. The number of para-hydroxylation sites is 1. The topological polar surface area (TPSA) is 19.4 Å². The first kappa shape index (κ1) is 14.5. The average molecular weight is 322 g/mol. The predicted molar refractivity (Wildman–Crippen MR) is 89.7 cm³/mol. The van der Waals surface area contributed by atoms with Crippen LogP contribution in [0.1, 0.15) is 5.69 Å². The average Bonchev–Trinajstić information content (AvgIpc) is 2.56. The molecule has 21 heavy (non-hydrogen) atoms. The molecule has 1 aromatic heterocycles.